The Morgan fingerprint density at radius 1 is 0.391 bits per heavy atom. The molecule has 7 aromatic carbocycles. The first-order chi connectivity index (χ1) is 22.7. The van der Waals surface area contributed by atoms with Crippen LogP contribution in [0.4, 0.5) is 0 Å². The summed E-state index contributed by atoms with van der Waals surface area (Å²) in [6.07, 6.45) is 0. The number of fused-ring (bicyclic) bond motifs is 3. The van der Waals surface area contributed by atoms with Gasteiger partial charge in [0, 0.05) is 37.6 Å². The van der Waals surface area contributed by atoms with Crippen molar-refractivity contribution in [2.75, 3.05) is 0 Å². The van der Waals surface area contributed by atoms with Crippen molar-refractivity contribution in [1.29, 1.82) is 0 Å². The number of benzene rings is 7. The summed E-state index contributed by atoms with van der Waals surface area (Å²) in [5.41, 5.74) is 7.50. The van der Waals surface area contributed by atoms with Crippen molar-refractivity contribution in [3.8, 4) is 33.5 Å². The molecule has 0 aliphatic carbocycles. The van der Waals surface area contributed by atoms with E-state index in [4.69, 9.17) is 4.98 Å². The molecule has 8 aromatic rings. The summed E-state index contributed by atoms with van der Waals surface area (Å²) in [5, 5.41) is 5.93. The Labute approximate surface area is 269 Å². The van der Waals surface area contributed by atoms with Crippen molar-refractivity contribution in [3.63, 3.8) is 0 Å². The number of hydrogen-bond donors (Lipinski definition) is 0. The quantitative estimate of drug-likeness (QED) is 0.139. The van der Waals surface area contributed by atoms with E-state index in [1.54, 1.807) is 0 Å². The van der Waals surface area contributed by atoms with Crippen LogP contribution in [0.3, 0.4) is 0 Å². The maximum absolute atomic E-state index is 14.9. The zero-order chi connectivity index (χ0) is 30.9. The molecule has 46 heavy (non-hydrogen) atoms. The second kappa shape index (κ2) is 11.7. The molecular weight excluding hydrogens is 577 g/mol. The zero-order valence-corrected chi connectivity index (χ0v) is 26.0. The lowest BCUT2D eigenvalue weighted by Crippen LogP contribution is -2.24. The summed E-state index contributed by atoms with van der Waals surface area (Å²) in [6.45, 7) is 0. The van der Waals surface area contributed by atoms with E-state index in [9.17, 15) is 4.57 Å². The van der Waals surface area contributed by atoms with Crippen LogP contribution in [0, 0.1) is 0 Å². The standard InChI is InChI=1S/C43H30NOP/c45-46(35-18-9-3-10-19-35,36-20-11-4-12-21-36)37-27-24-31(25-28-37)34-26-29-39-41(30-34)44-43(33-16-7-2-8-17-33)40-23-13-22-38(42(39)40)32-14-5-1-6-15-32/h1-30H. The van der Waals surface area contributed by atoms with Crippen LogP contribution in [0.15, 0.2) is 182 Å². The summed E-state index contributed by atoms with van der Waals surface area (Å²) in [5.74, 6) is 0. The van der Waals surface area contributed by atoms with Gasteiger partial charge in [-0.1, -0.05) is 176 Å². The van der Waals surface area contributed by atoms with Crippen LogP contribution in [0.2, 0.25) is 0 Å². The third kappa shape index (κ3) is 4.85. The molecule has 0 saturated heterocycles. The Morgan fingerprint density at radius 3 is 1.52 bits per heavy atom. The zero-order valence-electron chi connectivity index (χ0n) is 25.1. The van der Waals surface area contributed by atoms with Gasteiger partial charge in [0.05, 0.1) is 11.2 Å². The number of aromatic nitrogens is 1. The highest BCUT2D eigenvalue weighted by Gasteiger charge is 2.29. The van der Waals surface area contributed by atoms with Crippen molar-refractivity contribution >= 4 is 44.7 Å². The van der Waals surface area contributed by atoms with Gasteiger partial charge in [-0.15, -0.1) is 0 Å². The lowest BCUT2D eigenvalue weighted by molar-refractivity contribution is 0.592. The van der Waals surface area contributed by atoms with E-state index in [0.29, 0.717) is 0 Å². The summed E-state index contributed by atoms with van der Waals surface area (Å²) >= 11 is 0. The van der Waals surface area contributed by atoms with E-state index in [-0.39, 0.29) is 0 Å². The molecule has 0 spiro atoms. The van der Waals surface area contributed by atoms with Crippen LogP contribution in [0.25, 0.3) is 55.2 Å². The molecule has 1 aromatic heterocycles. The van der Waals surface area contributed by atoms with Crippen LogP contribution < -0.4 is 15.9 Å². The third-order valence-electron chi connectivity index (χ3n) is 8.75. The lowest BCUT2D eigenvalue weighted by Gasteiger charge is -2.20. The molecule has 218 valence electrons. The number of pyridine rings is 1. The highest BCUT2D eigenvalue weighted by molar-refractivity contribution is 7.85. The fourth-order valence-corrected chi connectivity index (χ4v) is 9.14. The Bertz CT molecular complexity index is 2310. The van der Waals surface area contributed by atoms with Gasteiger partial charge in [0.15, 0.2) is 7.14 Å². The van der Waals surface area contributed by atoms with Crippen LogP contribution in [0.1, 0.15) is 0 Å². The summed E-state index contributed by atoms with van der Waals surface area (Å²) < 4.78 is 14.9. The molecule has 0 bridgehead atoms. The van der Waals surface area contributed by atoms with Gasteiger partial charge in [0.25, 0.3) is 0 Å². The molecular formula is C43H30NOP. The molecule has 2 nitrogen and oxygen atoms in total. The molecule has 0 N–H and O–H groups in total. The maximum atomic E-state index is 14.9. The molecule has 0 aliphatic rings. The summed E-state index contributed by atoms with van der Waals surface area (Å²) in [6, 6.07) is 61.9. The van der Waals surface area contributed by atoms with E-state index >= 15 is 0 Å². The van der Waals surface area contributed by atoms with E-state index in [0.717, 1.165) is 54.6 Å². The Balaban J connectivity index is 1.29. The second-order valence-electron chi connectivity index (χ2n) is 11.5. The van der Waals surface area contributed by atoms with Crippen molar-refractivity contribution < 1.29 is 4.57 Å². The molecule has 0 saturated carbocycles. The average Bonchev–Trinajstić information content (AvgIpc) is 3.15. The third-order valence-corrected chi connectivity index (χ3v) is 11.8. The molecule has 0 amide bonds. The monoisotopic (exact) mass is 607 g/mol. The first-order valence-corrected chi connectivity index (χ1v) is 17.2. The highest BCUT2D eigenvalue weighted by Crippen LogP contribution is 2.43. The smallest absolute Gasteiger partial charge is 0.171 e. The van der Waals surface area contributed by atoms with E-state index in [2.05, 4.69) is 103 Å². The fraction of sp³-hybridized carbons (Fsp3) is 0. The largest absolute Gasteiger partial charge is 0.309 e. The fourth-order valence-electron chi connectivity index (χ4n) is 6.50. The van der Waals surface area contributed by atoms with Gasteiger partial charge in [0.1, 0.15) is 0 Å². The molecule has 0 aliphatic heterocycles. The Morgan fingerprint density at radius 2 is 0.913 bits per heavy atom. The topological polar surface area (TPSA) is 30.0 Å². The van der Waals surface area contributed by atoms with E-state index in [1.807, 2.05) is 78.9 Å². The number of hydrogen-bond acceptors (Lipinski definition) is 2. The Kier molecular flexibility index (Phi) is 7.14. The van der Waals surface area contributed by atoms with Gasteiger partial charge in [0.2, 0.25) is 0 Å². The second-order valence-corrected chi connectivity index (χ2v) is 14.2. The average molecular weight is 608 g/mol. The molecule has 0 unspecified atom stereocenters. The normalized spacial score (nSPS) is 11.6. The minimum absolute atomic E-state index is 0.817. The van der Waals surface area contributed by atoms with Gasteiger partial charge < -0.3 is 4.57 Å². The molecule has 0 fully saturated rings. The van der Waals surface area contributed by atoms with E-state index < -0.39 is 7.14 Å². The first kappa shape index (κ1) is 28.0. The highest BCUT2D eigenvalue weighted by atomic mass is 31.2. The molecule has 0 atom stereocenters. The van der Waals surface area contributed by atoms with Crippen molar-refractivity contribution in [1.82, 2.24) is 4.98 Å². The van der Waals surface area contributed by atoms with Crippen LogP contribution in [-0.4, -0.2) is 4.98 Å². The van der Waals surface area contributed by atoms with Crippen molar-refractivity contribution in [2.24, 2.45) is 0 Å². The maximum Gasteiger partial charge on any atom is 0.171 e. The van der Waals surface area contributed by atoms with Crippen LogP contribution in [0.5, 0.6) is 0 Å². The number of nitrogens with zero attached hydrogens (tertiary/aromatic N) is 1. The number of rotatable bonds is 6. The minimum Gasteiger partial charge on any atom is -0.309 e. The van der Waals surface area contributed by atoms with Crippen LogP contribution >= 0.6 is 7.14 Å². The Hall–Kier alpha value is -5.56. The van der Waals surface area contributed by atoms with Gasteiger partial charge in [-0.05, 0) is 28.3 Å². The van der Waals surface area contributed by atoms with Gasteiger partial charge in [-0.25, -0.2) is 4.98 Å². The van der Waals surface area contributed by atoms with Crippen LogP contribution in [-0.2, 0) is 4.57 Å². The minimum atomic E-state index is -3.04. The molecule has 0 radical (unpaired) electrons. The van der Waals surface area contributed by atoms with Crippen molar-refractivity contribution in [3.05, 3.63) is 182 Å². The van der Waals surface area contributed by atoms with Gasteiger partial charge >= 0.3 is 0 Å². The molecule has 8 rings (SSSR count). The predicted molar refractivity (Wildman–Crippen MR) is 195 cm³/mol. The van der Waals surface area contributed by atoms with Gasteiger partial charge in [-0.2, -0.15) is 0 Å². The van der Waals surface area contributed by atoms with E-state index in [1.165, 1.54) is 16.5 Å². The lowest BCUT2D eigenvalue weighted by atomic mass is 9.92. The van der Waals surface area contributed by atoms with Gasteiger partial charge in [-0.3, -0.25) is 0 Å². The summed E-state index contributed by atoms with van der Waals surface area (Å²) in [7, 11) is -3.04. The first-order valence-electron chi connectivity index (χ1n) is 15.5. The van der Waals surface area contributed by atoms with Crippen molar-refractivity contribution in [2.45, 2.75) is 0 Å². The SMILES string of the molecule is O=P(c1ccccc1)(c1ccccc1)c1ccc(-c2ccc3c(c2)nc(-c2ccccc2)c2cccc(-c4ccccc4)c23)cc1. The predicted octanol–water partition coefficient (Wildman–Crippen LogP) is 10.0. The molecule has 3 heteroatoms. The molecule has 1 heterocycles. The summed E-state index contributed by atoms with van der Waals surface area (Å²) in [4.78, 5) is 5.29.